The Morgan fingerprint density at radius 3 is 2.88 bits per heavy atom. The topological polar surface area (TPSA) is 93.2 Å². The molecule has 0 unspecified atom stereocenters. The van der Waals surface area contributed by atoms with Gasteiger partial charge < -0.3 is 5.73 Å². The van der Waals surface area contributed by atoms with Crippen molar-refractivity contribution in [1.82, 2.24) is 15.1 Å². The molecular weight excluding hydrogens is 210 g/mol. The summed E-state index contributed by atoms with van der Waals surface area (Å²) in [6.07, 6.45) is 0.292. The second-order valence-corrected chi connectivity index (χ2v) is 3.58. The molecule has 86 valence electrons. The summed E-state index contributed by atoms with van der Waals surface area (Å²) in [6, 6.07) is 1.31. The van der Waals surface area contributed by atoms with Gasteiger partial charge in [0, 0.05) is 32.6 Å². The molecule has 0 aromatic carbocycles. The molecular formula is C9H13N5O2. The van der Waals surface area contributed by atoms with E-state index in [1.807, 2.05) is 0 Å². The lowest BCUT2D eigenvalue weighted by molar-refractivity contribution is -0.120. The van der Waals surface area contributed by atoms with E-state index in [1.165, 1.54) is 4.90 Å². The highest BCUT2D eigenvalue weighted by atomic mass is 16.2. The molecule has 3 N–H and O–H groups in total. The summed E-state index contributed by atoms with van der Waals surface area (Å²) in [5.74, 6) is 0.268. The average Bonchev–Trinajstić information content (AvgIpc) is 2.59. The fourth-order valence-corrected chi connectivity index (χ4v) is 1.59. The van der Waals surface area contributed by atoms with Crippen molar-refractivity contribution in [3.05, 3.63) is 11.8 Å². The quantitative estimate of drug-likeness (QED) is 0.695. The molecule has 1 aliphatic rings. The van der Waals surface area contributed by atoms with Gasteiger partial charge in [-0.25, -0.2) is 4.79 Å². The number of imide groups is 1. The van der Waals surface area contributed by atoms with Gasteiger partial charge in [-0.05, 0) is 0 Å². The first-order valence-corrected chi connectivity index (χ1v) is 4.96. The SMILES string of the molecule is Cn1nc(N2CCC(=O)NC2=O)cc1CN. The molecule has 0 radical (unpaired) electrons. The number of carbonyl (C=O) groups is 2. The molecule has 16 heavy (non-hydrogen) atoms. The number of aryl methyl sites for hydroxylation is 1. The zero-order valence-corrected chi connectivity index (χ0v) is 8.93. The van der Waals surface area contributed by atoms with E-state index in [4.69, 9.17) is 5.73 Å². The van der Waals surface area contributed by atoms with E-state index in [-0.39, 0.29) is 5.91 Å². The number of nitrogens with two attached hydrogens (primary N) is 1. The van der Waals surface area contributed by atoms with E-state index in [9.17, 15) is 9.59 Å². The van der Waals surface area contributed by atoms with Crippen LogP contribution in [0.1, 0.15) is 12.1 Å². The van der Waals surface area contributed by atoms with Gasteiger partial charge in [-0.15, -0.1) is 0 Å². The van der Waals surface area contributed by atoms with Gasteiger partial charge in [0.1, 0.15) is 0 Å². The Hall–Kier alpha value is -1.89. The molecule has 0 atom stereocenters. The number of aromatic nitrogens is 2. The van der Waals surface area contributed by atoms with Crippen LogP contribution in [0, 0.1) is 0 Å². The van der Waals surface area contributed by atoms with E-state index in [0.717, 1.165) is 5.69 Å². The Bertz CT molecular complexity index is 439. The van der Waals surface area contributed by atoms with Gasteiger partial charge in [-0.1, -0.05) is 0 Å². The summed E-state index contributed by atoms with van der Waals surface area (Å²) in [5, 5.41) is 6.41. The predicted octanol–water partition coefficient (Wildman–Crippen LogP) is -0.675. The van der Waals surface area contributed by atoms with Crippen molar-refractivity contribution in [3.8, 4) is 0 Å². The van der Waals surface area contributed by atoms with Gasteiger partial charge in [0.15, 0.2) is 5.82 Å². The minimum Gasteiger partial charge on any atom is -0.325 e. The number of rotatable bonds is 2. The van der Waals surface area contributed by atoms with Gasteiger partial charge >= 0.3 is 6.03 Å². The third kappa shape index (κ3) is 1.76. The largest absolute Gasteiger partial charge is 0.329 e. The lowest BCUT2D eigenvalue weighted by Gasteiger charge is -2.24. The first kappa shape index (κ1) is 10.6. The predicted molar refractivity (Wildman–Crippen MR) is 56.6 cm³/mol. The Balaban J connectivity index is 2.23. The summed E-state index contributed by atoms with van der Waals surface area (Å²) < 4.78 is 1.62. The minimum absolute atomic E-state index is 0.253. The van der Waals surface area contributed by atoms with E-state index < -0.39 is 6.03 Å². The zero-order valence-electron chi connectivity index (χ0n) is 8.93. The Kier molecular flexibility index (Phi) is 2.61. The van der Waals surface area contributed by atoms with Crippen LogP contribution < -0.4 is 16.0 Å². The van der Waals surface area contributed by atoms with Crippen molar-refractivity contribution in [1.29, 1.82) is 0 Å². The van der Waals surface area contributed by atoms with Crippen molar-refractivity contribution < 1.29 is 9.59 Å². The van der Waals surface area contributed by atoms with Crippen LogP contribution >= 0.6 is 0 Å². The Morgan fingerprint density at radius 2 is 2.31 bits per heavy atom. The summed E-state index contributed by atoms with van der Waals surface area (Å²) in [6.45, 7) is 0.712. The van der Waals surface area contributed by atoms with Gasteiger partial charge in [0.25, 0.3) is 0 Å². The van der Waals surface area contributed by atoms with E-state index >= 15 is 0 Å². The molecule has 7 heteroatoms. The van der Waals surface area contributed by atoms with Gasteiger partial charge in [-0.2, -0.15) is 5.10 Å². The Labute approximate surface area is 92.2 Å². The molecule has 0 bridgehead atoms. The number of nitrogens with zero attached hydrogens (tertiary/aromatic N) is 3. The maximum atomic E-state index is 11.5. The van der Waals surface area contributed by atoms with E-state index in [2.05, 4.69) is 10.4 Å². The molecule has 1 aromatic heterocycles. The fraction of sp³-hybridized carbons (Fsp3) is 0.444. The molecule has 1 aromatic rings. The molecule has 7 nitrogen and oxygen atoms in total. The monoisotopic (exact) mass is 223 g/mol. The van der Waals surface area contributed by atoms with Crippen LogP contribution in [0.2, 0.25) is 0 Å². The summed E-state index contributed by atoms with van der Waals surface area (Å²) >= 11 is 0. The first-order chi connectivity index (χ1) is 7.61. The summed E-state index contributed by atoms with van der Waals surface area (Å²) in [7, 11) is 1.76. The molecule has 0 spiro atoms. The summed E-state index contributed by atoms with van der Waals surface area (Å²) in [4.78, 5) is 23.9. The van der Waals surface area contributed by atoms with Gasteiger partial charge in [0.2, 0.25) is 5.91 Å². The second kappa shape index (κ2) is 3.93. The van der Waals surface area contributed by atoms with Crippen molar-refractivity contribution in [3.63, 3.8) is 0 Å². The van der Waals surface area contributed by atoms with E-state index in [1.54, 1.807) is 17.8 Å². The normalized spacial score (nSPS) is 16.5. The van der Waals surface area contributed by atoms with Crippen molar-refractivity contribution in [2.45, 2.75) is 13.0 Å². The number of nitrogens with one attached hydrogen (secondary N) is 1. The highest BCUT2D eigenvalue weighted by molar-refractivity contribution is 6.05. The Morgan fingerprint density at radius 1 is 1.56 bits per heavy atom. The van der Waals surface area contributed by atoms with E-state index in [0.29, 0.717) is 25.3 Å². The minimum atomic E-state index is -0.432. The lowest BCUT2D eigenvalue weighted by atomic mass is 10.3. The molecule has 1 saturated heterocycles. The highest BCUT2D eigenvalue weighted by Gasteiger charge is 2.26. The van der Waals surface area contributed by atoms with Crippen LogP contribution in [0.15, 0.2) is 6.07 Å². The number of hydrogen-bond donors (Lipinski definition) is 2. The molecule has 2 heterocycles. The smallest absolute Gasteiger partial charge is 0.325 e. The third-order valence-electron chi connectivity index (χ3n) is 2.50. The molecule has 1 fully saturated rings. The average molecular weight is 223 g/mol. The molecule has 2 rings (SSSR count). The van der Waals surface area contributed by atoms with Crippen molar-refractivity contribution in [2.24, 2.45) is 12.8 Å². The molecule has 0 saturated carbocycles. The molecule has 0 aliphatic carbocycles. The van der Waals surface area contributed by atoms with Crippen molar-refractivity contribution in [2.75, 3.05) is 11.4 Å². The van der Waals surface area contributed by atoms with Crippen LogP contribution in [-0.4, -0.2) is 28.3 Å². The third-order valence-corrected chi connectivity index (χ3v) is 2.50. The lowest BCUT2D eigenvalue weighted by Crippen LogP contribution is -2.49. The maximum Gasteiger partial charge on any atom is 0.329 e. The van der Waals surface area contributed by atoms with Crippen LogP contribution in [0.4, 0.5) is 10.6 Å². The van der Waals surface area contributed by atoms with Crippen LogP contribution in [0.25, 0.3) is 0 Å². The van der Waals surface area contributed by atoms with Crippen LogP contribution in [-0.2, 0) is 18.4 Å². The molecule has 3 amide bonds. The number of urea groups is 1. The number of anilines is 1. The standard InChI is InChI=1S/C9H13N5O2/c1-13-6(5-10)4-7(12-13)14-3-2-8(15)11-9(14)16/h4H,2-3,5,10H2,1H3,(H,11,15,16). The first-order valence-electron chi connectivity index (χ1n) is 4.96. The number of hydrogen-bond acceptors (Lipinski definition) is 4. The van der Waals surface area contributed by atoms with Crippen LogP contribution in [0.3, 0.4) is 0 Å². The fourth-order valence-electron chi connectivity index (χ4n) is 1.59. The number of amides is 3. The molecule has 1 aliphatic heterocycles. The maximum absolute atomic E-state index is 11.5. The summed E-state index contributed by atoms with van der Waals surface area (Å²) in [5.41, 5.74) is 6.35. The van der Waals surface area contributed by atoms with Gasteiger partial charge in [-0.3, -0.25) is 19.7 Å². The van der Waals surface area contributed by atoms with Gasteiger partial charge in [0.05, 0.1) is 5.69 Å². The number of carbonyl (C=O) groups excluding carboxylic acids is 2. The second-order valence-electron chi connectivity index (χ2n) is 3.58. The zero-order chi connectivity index (χ0) is 11.7. The highest BCUT2D eigenvalue weighted by Crippen LogP contribution is 2.16. The van der Waals surface area contributed by atoms with Crippen molar-refractivity contribution >= 4 is 17.8 Å². The van der Waals surface area contributed by atoms with Crippen LogP contribution in [0.5, 0.6) is 0 Å².